The zero-order valence-corrected chi connectivity index (χ0v) is 19.0. The van der Waals surface area contributed by atoms with E-state index in [0.29, 0.717) is 0 Å². The molecule has 2 aromatic carbocycles. The Bertz CT molecular complexity index is 1110. The lowest BCUT2D eigenvalue weighted by atomic mass is 10.1. The van der Waals surface area contributed by atoms with Gasteiger partial charge in [0.25, 0.3) is 0 Å². The zero-order valence-electron chi connectivity index (χ0n) is 15.9. The van der Waals surface area contributed by atoms with Crippen molar-refractivity contribution in [2.24, 2.45) is 0 Å². The van der Waals surface area contributed by atoms with Gasteiger partial charge < -0.3 is 4.74 Å². The molecule has 1 fully saturated rings. The third-order valence-electron chi connectivity index (χ3n) is 5.05. The minimum absolute atomic E-state index is 0.106. The summed E-state index contributed by atoms with van der Waals surface area (Å²) in [5.41, 5.74) is 4.72. The first-order chi connectivity index (χ1) is 13.5. The molecule has 0 saturated carbocycles. The van der Waals surface area contributed by atoms with Gasteiger partial charge in [-0.2, -0.15) is 10.2 Å². The highest BCUT2D eigenvalue weighted by Gasteiger charge is 2.19. The Kier molecular flexibility index (Phi) is 5.85. The van der Waals surface area contributed by atoms with Crippen LogP contribution in [0.1, 0.15) is 36.6 Å². The Morgan fingerprint density at radius 3 is 2.50 bits per heavy atom. The molecule has 28 heavy (non-hydrogen) atoms. The molecule has 1 saturated heterocycles. The number of halogens is 2. The number of ether oxygens (including phenoxy) is 1. The van der Waals surface area contributed by atoms with E-state index in [0.717, 1.165) is 33.0 Å². The summed E-state index contributed by atoms with van der Waals surface area (Å²) in [4.78, 5) is 0. The van der Waals surface area contributed by atoms with Crippen LogP contribution >= 0.6 is 31.9 Å². The van der Waals surface area contributed by atoms with E-state index in [1.54, 1.807) is 0 Å². The van der Waals surface area contributed by atoms with Crippen molar-refractivity contribution >= 4 is 53.7 Å². The van der Waals surface area contributed by atoms with Crippen molar-refractivity contribution < 1.29 is 4.74 Å². The van der Waals surface area contributed by atoms with Crippen LogP contribution in [0.4, 0.5) is 0 Å². The Morgan fingerprint density at radius 2 is 1.75 bits per heavy atom. The van der Waals surface area contributed by atoms with Crippen molar-refractivity contribution in [2.75, 3.05) is 6.61 Å². The molecule has 1 unspecified atom stereocenters. The fourth-order valence-corrected chi connectivity index (χ4v) is 4.74. The number of hydrogen-bond donors (Lipinski definition) is 1. The lowest BCUT2D eigenvalue weighted by Crippen LogP contribution is -2.18. The normalized spacial score (nSPS) is 16.9. The van der Waals surface area contributed by atoms with Crippen LogP contribution in [-0.2, 0) is 4.74 Å². The molecule has 0 amide bonds. The van der Waals surface area contributed by atoms with Gasteiger partial charge in [-0.05, 0) is 68.5 Å². The number of nitrogens with zero attached hydrogens (tertiary/aromatic N) is 3. The highest BCUT2D eigenvalue weighted by molar-refractivity contribution is 9.10. The van der Waals surface area contributed by atoms with Crippen molar-refractivity contribution in [1.82, 2.24) is 20.0 Å². The lowest BCUT2D eigenvalue weighted by molar-refractivity contribution is -0.0366. The highest BCUT2D eigenvalue weighted by Crippen LogP contribution is 2.29. The molecule has 146 valence electrons. The fraction of sp³-hybridized carbons (Fsp3) is 0.333. The molecule has 0 bridgehead atoms. The lowest BCUT2D eigenvalue weighted by Gasteiger charge is -2.23. The SMILES string of the molecule is Cc1cc(Br)cc2[nH]ncc12.Cc1cc(Br)cc2c1cnn2C1CCCCO1. The van der Waals surface area contributed by atoms with Crippen LogP contribution in [0.5, 0.6) is 0 Å². The molecule has 1 aliphatic heterocycles. The van der Waals surface area contributed by atoms with E-state index in [1.807, 2.05) is 23.1 Å². The molecule has 0 radical (unpaired) electrons. The largest absolute Gasteiger partial charge is 0.356 e. The maximum atomic E-state index is 5.80. The van der Waals surface area contributed by atoms with Gasteiger partial charge in [0.15, 0.2) is 6.23 Å². The number of nitrogens with one attached hydrogen (secondary N) is 1. The monoisotopic (exact) mass is 504 g/mol. The first kappa shape index (κ1) is 19.6. The smallest absolute Gasteiger partial charge is 0.150 e. The van der Waals surface area contributed by atoms with Crippen LogP contribution in [0.3, 0.4) is 0 Å². The standard InChI is InChI=1S/C13H15BrN2O.C8H7BrN2/c1-9-6-10(14)7-12-11(9)8-15-16(12)13-4-2-3-5-17-13;1-5-2-6(9)3-8-7(5)4-10-11-8/h6-8,13H,2-5H2,1H3;2-4H,1H3,(H,10,11). The quantitative estimate of drug-likeness (QED) is 0.324. The van der Waals surface area contributed by atoms with Gasteiger partial charge in [0.05, 0.1) is 23.4 Å². The molecule has 5 nitrogen and oxygen atoms in total. The third kappa shape index (κ3) is 4.02. The molecule has 2 aromatic heterocycles. The molecule has 1 aliphatic rings. The van der Waals surface area contributed by atoms with Crippen LogP contribution in [-0.4, -0.2) is 26.6 Å². The summed E-state index contributed by atoms with van der Waals surface area (Å²) in [6.07, 6.45) is 7.33. The highest BCUT2D eigenvalue weighted by atomic mass is 79.9. The van der Waals surface area contributed by atoms with E-state index in [1.165, 1.54) is 34.7 Å². The molecule has 1 N–H and O–H groups in total. The Balaban J connectivity index is 0.000000151. The molecule has 0 aliphatic carbocycles. The van der Waals surface area contributed by atoms with Crippen molar-refractivity contribution in [3.8, 4) is 0 Å². The fourth-order valence-electron chi connectivity index (χ4n) is 3.61. The summed E-state index contributed by atoms with van der Waals surface area (Å²) in [5.74, 6) is 0. The molecule has 0 spiro atoms. The van der Waals surface area contributed by atoms with Gasteiger partial charge in [0.1, 0.15) is 0 Å². The van der Waals surface area contributed by atoms with Crippen LogP contribution in [0.25, 0.3) is 21.8 Å². The predicted octanol–water partition coefficient (Wildman–Crippen LogP) is 6.44. The second kappa shape index (κ2) is 8.35. The minimum Gasteiger partial charge on any atom is -0.356 e. The van der Waals surface area contributed by atoms with Crippen molar-refractivity contribution in [3.05, 3.63) is 56.7 Å². The number of aromatic amines is 1. The summed E-state index contributed by atoms with van der Waals surface area (Å²) in [7, 11) is 0. The van der Waals surface area contributed by atoms with E-state index in [4.69, 9.17) is 4.74 Å². The number of fused-ring (bicyclic) bond motifs is 2. The van der Waals surface area contributed by atoms with Gasteiger partial charge in [-0.15, -0.1) is 0 Å². The summed E-state index contributed by atoms with van der Waals surface area (Å²) < 4.78 is 10.0. The molecule has 3 heterocycles. The summed E-state index contributed by atoms with van der Waals surface area (Å²) in [6.45, 7) is 5.03. The van der Waals surface area contributed by atoms with Crippen molar-refractivity contribution in [2.45, 2.75) is 39.3 Å². The van der Waals surface area contributed by atoms with Gasteiger partial charge in [-0.3, -0.25) is 5.10 Å². The Morgan fingerprint density at radius 1 is 1.00 bits per heavy atom. The maximum Gasteiger partial charge on any atom is 0.150 e. The second-order valence-corrected chi connectivity index (χ2v) is 8.95. The van der Waals surface area contributed by atoms with Crippen LogP contribution in [0.2, 0.25) is 0 Å². The zero-order chi connectivity index (χ0) is 19.7. The molecule has 4 aromatic rings. The van der Waals surface area contributed by atoms with Crippen molar-refractivity contribution in [3.63, 3.8) is 0 Å². The predicted molar refractivity (Wildman–Crippen MR) is 120 cm³/mol. The number of benzene rings is 2. The Hall–Kier alpha value is -1.70. The van der Waals surface area contributed by atoms with E-state index in [2.05, 4.69) is 79.2 Å². The van der Waals surface area contributed by atoms with Gasteiger partial charge in [0.2, 0.25) is 0 Å². The minimum atomic E-state index is 0.106. The van der Waals surface area contributed by atoms with Gasteiger partial charge >= 0.3 is 0 Å². The number of hydrogen-bond acceptors (Lipinski definition) is 3. The van der Waals surface area contributed by atoms with E-state index >= 15 is 0 Å². The average Bonchev–Trinajstić information content (AvgIpc) is 3.30. The van der Waals surface area contributed by atoms with Crippen LogP contribution in [0, 0.1) is 13.8 Å². The number of aryl methyl sites for hydroxylation is 2. The molecular formula is C21H22Br2N4O. The van der Waals surface area contributed by atoms with E-state index < -0.39 is 0 Å². The second-order valence-electron chi connectivity index (χ2n) is 7.12. The summed E-state index contributed by atoms with van der Waals surface area (Å²) >= 11 is 6.96. The summed E-state index contributed by atoms with van der Waals surface area (Å²) in [6, 6.07) is 8.34. The average molecular weight is 506 g/mol. The first-order valence-electron chi connectivity index (χ1n) is 9.37. The number of aromatic nitrogens is 4. The summed E-state index contributed by atoms with van der Waals surface area (Å²) in [5, 5.41) is 13.8. The maximum absolute atomic E-state index is 5.80. The molecule has 7 heteroatoms. The van der Waals surface area contributed by atoms with Gasteiger partial charge in [-0.25, -0.2) is 4.68 Å². The van der Waals surface area contributed by atoms with Crippen LogP contribution < -0.4 is 0 Å². The van der Waals surface area contributed by atoms with Crippen molar-refractivity contribution in [1.29, 1.82) is 0 Å². The third-order valence-corrected chi connectivity index (χ3v) is 5.96. The van der Waals surface area contributed by atoms with E-state index in [-0.39, 0.29) is 6.23 Å². The molecular weight excluding hydrogens is 484 g/mol. The molecule has 5 rings (SSSR count). The van der Waals surface area contributed by atoms with Crippen LogP contribution in [0.15, 0.2) is 45.6 Å². The number of H-pyrrole nitrogens is 1. The van der Waals surface area contributed by atoms with E-state index in [9.17, 15) is 0 Å². The molecule has 1 atom stereocenters. The van der Waals surface area contributed by atoms with Gasteiger partial charge in [-0.1, -0.05) is 31.9 Å². The Labute approximate surface area is 180 Å². The topological polar surface area (TPSA) is 55.7 Å². The van der Waals surface area contributed by atoms with Gasteiger partial charge in [0, 0.05) is 26.3 Å². The number of rotatable bonds is 1. The first-order valence-corrected chi connectivity index (χ1v) is 11.0.